The molecule has 0 radical (unpaired) electrons. The van der Waals surface area contributed by atoms with Crippen LogP contribution >= 0.6 is 23.2 Å². The maximum atomic E-state index is 7.01. The molecule has 0 spiro atoms. The fraction of sp³-hybridized carbons (Fsp3) is 0.0303. The second-order valence-corrected chi connectivity index (χ2v) is 18.3. The van der Waals surface area contributed by atoms with Gasteiger partial charge in [0.05, 0.1) is 26.8 Å². The maximum absolute atomic E-state index is 7.01. The van der Waals surface area contributed by atoms with Gasteiger partial charge in [-0.1, -0.05) is 236 Å². The average Bonchev–Trinajstić information content (AvgIpc) is 3.43. The first-order valence-corrected chi connectivity index (χ1v) is 24.4. The van der Waals surface area contributed by atoms with Gasteiger partial charge in [-0.25, -0.2) is 0 Å². The Morgan fingerprint density at radius 2 is 0.686 bits per heavy atom. The van der Waals surface area contributed by atoms with Gasteiger partial charge < -0.3 is 9.80 Å². The molecule has 0 heterocycles. The van der Waals surface area contributed by atoms with Gasteiger partial charge in [-0.05, 0) is 123 Å². The molecule has 2 unspecified atom stereocenters. The van der Waals surface area contributed by atoms with Crippen LogP contribution in [0, 0.1) is 0 Å². The van der Waals surface area contributed by atoms with Crippen molar-refractivity contribution in [2.24, 2.45) is 0 Å². The lowest BCUT2D eigenvalue weighted by Gasteiger charge is -2.48. The second-order valence-electron chi connectivity index (χ2n) is 17.5. The summed E-state index contributed by atoms with van der Waals surface area (Å²) in [6.07, 6.45) is 2.54. The van der Waals surface area contributed by atoms with Crippen molar-refractivity contribution in [1.82, 2.24) is 0 Å². The monoisotopic (exact) mass is 938 g/mol. The predicted molar refractivity (Wildman–Crippen MR) is 296 cm³/mol. The molecule has 0 saturated carbocycles. The van der Waals surface area contributed by atoms with Crippen molar-refractivity contribution >= 4 is 74.0 Å². The summed E-state index contributed by atoms with van der Waals surface area (Å²) in [5.74, 6) is -0.169. The number of nitrogens with zero attached hydrogens (tertiary/aromatic N) is 2. The van der Waals surface area contributed by atoms with E-state index in [0.29, 0.717) is 10.0 Å². The SMILES string of the molecule is Clc1ccccc1N(c1ccccc1)c1ccc(C2=CC(c3ccccc3)C(c3ccccc3)(c3ccc(N(c4ccccc4)c4ccccc4Cl)cc3)C(c3ccccc3)=C2c2ccccc2)cc1. The summed E-state index contributed by atoms with van der Waals surface area (Å²) in [4.78, 5) is 4.47. The molecule has 0 N–H and O–H groups in total. The van der Waals surface area contributed by atoms with Gasteiger partial charge in [-0.15, -0.1) is 0 Å². The highest BCUT2D eigenvalue weighted by molar-refractivity contribution is 6.34. The predicted octanol–water partition coefficient (Wildman–Crippen LogP) is 18.7. The summed E-state index contributed by atoms with van der Waals surface area (Å²) in [7, 11) is 0. The highest BCUT2D eigenvalue weighted by Gasteiger charge is 2.50. The van der Waals surface area contributed by atoms with E-state index in [2.05, 4.69) is 246 Å². The van der Waals surface area contributed by atoms with Crippen molar-refractivity contribution in [3.05, 3.63) is 329 Å². The van der Waals surface area contributed by atoms with Crippen LogP contribution in [0.15, 0.2) is 285 Å². The number of benzene rings is 10. The van der Waals surface area contributed by atoms with Gasteiger partial charge in [-0.3, -0.25) is 0 Å². The third kappa shape index (κ3) is 8.32. The fourth-order valence-corrected chi connectivity index (χ4v) is 10.9. The van der Waals surface area contributed by atoms with Gasteiger partial charge >= 0.3 is 0 Å². The van der Waals surface area contributed by atoms with Gasteiger partial charge in [0.1, 0.15) is 0 Å². The first-order chi connectivity index (χ1) is 34.6. The molecule has 0 aromatic heterocycles. The minimum atomic E-state index is -0.743. The van der Waals surface area contributed by atoms with E-state index in [1.807, 2.05) is 48.5 Å². The maximum Gasteiger partial charge on any atom is 0.0647 e. The number of hydrogen-bond acceptors (Lipinski definition) is 2. The normalized spacial score (nSPS) is 15.5. The average molecular weight is 940 g/mol. The lowest BCUT2D eigenvalue weighted by molar-refractivity contribution is 0.587. The fourth-order valence-electron chi connectivity index (χ4n) is 10.4. The van der Waals surface area contributed by atoms with E-state index >= 15 is 0 Å². The van der Waals surface area contributed by atoms with Crippen LogP contribution in [-0.4, -0.2) is 0 Å². The molecule has 0 amide bonds. The van der Waals surface area contributed by atoms with Gasteiger partial charge in [0.2, 0.25) is 0 Å². The Morgan fingerprint density at radius 1 is 0.314 bits per heavy atom. The molecular weight excluding hydrogens is 892 g/mol. The van der Waals surface area contributed by atoms with Crippen molar-refractivity contribution in [2.75, 3.05) is 9.80 Å². The molecule has 1 aliphatic carbocycles. The topological polar surface area (TPSA) is 6.48 Å². The molecular formula is C66H48Cl2N2. The van der Waals surface area contributed by atoms with Gasteiger partial charge in [0.25, 0.3) is 0 Å². The largest absolute Gasteiger partial charge is 0.309 e. The van der Waals surface area contributed by atoms with Crippen LogP contribution in [-0.2, 0) is 5.41 Å². The van der Waals surface area contributed by atoms with E-state index in [0.717, 1.165) is 56.4 Å². The molecule has 10 aromatic carbocycles. The van der Waals surface area contributed by atoms with E-state index in [1.54, 1.807) is 0 Å². The minimum Gasteiger partial charge on any atom is -0.309 e. The lowest BCUT2D eigenvalue weighted by atomic mass is 9.54. The summed E-state index contributed by atoms with van der Waals surface area (Å²) < 4.78 is 0. The molecule has 0 saturated heterocycles. The number of allylic oxidation sites excluding steroid dienone is 4. The first kappa shape index (κ1) is 44.4. The van der Waals surface area contributed by atoms with Crippen LogP contribution in [0.25, 0.3) is 16.7 Å². The van der Waals surface area contributed by atoms with Crippen molar-refractivity contribution < 1.29 is 0 Å². The summed E-state index contributed by atoms with van der Waals surface area (Å²) in [6.45, 7) is 0. The number of hydrogen-bond donors (Lipinski definition) is 0. The van der Waals surface area contributed by atoms with Crippen LogP contribution in [0.3, 0.4) is 0 Å². The van der Waals surface area contributed by atoms with E-state index in [-0.39, 0.29) is 5.92 Å². The number of anilines is 6. The summed E-state index contributed by atoms with van der Waals surface area (Å²) in [6, 6.07) is 99.3. The number of para-hydroxylation sites is 4. The van der Waals surface area contributed by atoms with Gasteiger partial charge in [-0.2, -0.15) is 0 Å². The molecule has 70 heavy (non-hydrogen) atoms. The number of rotatable bonds is 12. The van der Waals surface area contributed by atoms with Crippen LogP contribution in [0.2, 0.25) is 10.0 Å². The molecule has 0 bridgehead atoms. The molecule has 1 aliphatic rings. The molecule has 2 atom stereocenters. The summed E-state index contributed by atoms with van der Waals surface area (Å²) in [5.41, 5.74) is 15.7. The van der Waals surface area contributed by atoms with Crippen LogP contribution in [0.1, 0.15) is 39.3 Å². The third-order valence-electron chi connectivity index (χ3n) is 13.5. The van der Waals surface area contributed by atoms with Gasteiger partial charge in [0.15, 0.2) is 0 Å². The molecule has 336 valence electrons. The molecule has 4 heteroatoms. The third-order valence-corrected chi connectivity index (χ3v) is 14.1. The van der Waals surface area contributed by atoms with Crippen molar-refractivity contribution in [3.63, 3.8) is 0 Å². The number of halogens is 2. The van der Waals surface area contributed by atoms with Crippen molar-refractivity contribution in [1.29, 1.82) is 0 Å². The molecule has 11 rings (SSSR count). The zero-order valence-electron chi connectivity index (χ0n) is 38.4. The minimum absolute atomic E-state index is 0.169. The highest BCUT2D eigenvalue weighted by atomic mass is 35.5. The Morgan fingerprint density at radius 3 is 1.17 bits per heavy atom. The lowest BCUT2D eigenvalue weighted by Crippen LogP contribution is -2.39. The van der Waals surface area contributed by atoms with Crippen molar-refractivity contribution in [3.8, 4) is 0 Å². The first-order valence-electron chi connectivity index (χ1n) is 23.7. The molecule has 0 aliphatic heterocycles. The van der Waals surface area contributed by atoms with E-state index in [9.17, 15) is 0 Å². The molecule has 2 nitrogen and oxygen atoms in total. The van der Waals surface area contributed by atoms with Crippen molar-refractivity contribution in [2.45, 2.75) is 11.3 Å². The zero-order valence-corrected chi connectivity index (χ0v) is 39.9. The second kappa shape index (κ2) is 19.8. The molecule has 0 fully saturated rings. The Hall–Kier alpha value is -8.14. The van der Waals surface area contributed by atoms with Crippen LogP contribution < -0.4 is 9.80 Å². The Labute approximate surface area is 421 Å². The van der Waals surface area contributed by atoms with E-state index in [4.69, 9.17) is 23.2 Å². The van der Waals surface area contributed by atoms with E-state index < -0.39 is 5.41 Å². The van der Waals surface area contributed by atoms with Crippen LogP contribution in [0.4, 0.5) is 34.1 Å². The zero-order chi connectivity index (χ0) is 47.3. The highest BCUT2D eigenvalue weighted by Crippen LogP contribution is 2.62. The Bertz CT molecular complexity index is 3420. The molecule has 10 aromatic rings. The standard InChI is InChI=1S/C66H48Cl2N2/c67-60-35-19-21-37-62(60)69(54-31-15-5-16-32-54)56-43-39-48(40-44-56)58-47-59(49-23-7-1-8-24-49)66(52-29-13-4-14-30-52,65(51-27-11-3-12-28-51)64(58)50-25-9-2-10-26-50)53-41-45-57(46-42-53)70(55-33-17-6-18-34-55)63-38-22-20-36-61(63)68/h1-47,59H. The summed E-state index contributed by atoms with van der Waals surface area (Å²) in [5, 5.41) is 1.36. The Balaban J connectivity index is 1.19. The van der Waals surface area contributed by atoms with Crippen LogP contribution in [0.5, 0.6) is 0 Å². The quantitative estimate of drug-likeness (QED) is 0.120. The summed E-state index contributed by atoms with van der Waals surface area (Å²) >= 11 is 14.0. The smallest absolute Gasteiger partial charge is 0.0647 e. The van der Waals surface area contributed by atoms with Gasteiger partial charge in [0, 0.05) is 28.7 Å². The Kier molecular flexibility index (Phi) is 12.6. The van der Waals surface area contributed by atoms with E-state index in [1.165, 1.54) is 27.8 Å².